The van der Waals surface area contributed by atoms with Crippen molar-refractivity contribution in [3.05, 3.63) is 40.7 Å². The van der Waals surface area contributed by atoms with Crippen molar-refractivity contribution < 1.29 is 17.6 Å². The average molecular weight is 233 g/mol. The van der Waals surface area contributed by atoms with Gasteiger partial charge in [0.25, 0.3) is 0 Å². The fraction of sp³-hybridized carbons (Fsp3) is 0.273. The van der Waals surface area contributed by atoms with Crippen molar-refractivity contribution >= 4 is 6.08 Å². The lowest BCUT2D eigenvalue weighted by atomic mass is 10.1. The monoisotopic (exact) mass is 233 g/mol. The maximum absolute atomic E-state index is 13.0. The Morgan fingerprint density at radius 1 is 1.31 bits per heavy atom. The molecule has 0 amide bonds. The maximum atomic E-state index is 13.0. The Morgan fingerprint density at radius 3 is 2.44 bits per heavy atom. The first kappa shape index (κ1) is 12.7. The zero-order valence-corrected chi connectivity index (χ0v) is 8.61. The summed E-state index contributed by atoms with van der Waals surface area (Å²) in [4.78, 5) is 0. The van der Waals surface area contributed by atoms with Crippen molar-refractivity contribution in [2.75, 3.05) is 6.54 Å². The van der Waals surface area contributed by atoms with Gasteiger partial charge in [0.15, 0.2) is 0 Å². The Morgan fingerprint density at radius 2 is 1.94 bits per heavy atom. The molecule has 0 heterocycles. The Labute approximate surface area is 90.6 Å². The van der Waals surface area contributed by atoms with Gasteiger partial charge in [-0.2, -0.15) is 13.2 Å². The molecule has 2 N–H and O–H groups in total. The molecule has 0 saturated carbocycles. The largest absolute Gasteiger partial charge is 0.416 e. The normalized spacial score (nSPS) is 13.0. The van der Waals surface area contributed by atoms with Crippen LogP contribution < -0.4 is 5.73 Å². The van der Waals surface area contributed by atoms with Gasteiger partial charge in [0.2, 0.25) is 0 Å². The second-order valence-electron chi connectivity index (χ2n) is 3.47. The molecule has 0 aliphatic carbocycles. The summed E-state index contributed by atoms with van der Waals surface area (Å²) in [6.07, 6.45) is -3.11. The van der Waals surface area contributed by atoms with Crippen molar-refractivity contribution in [2.24, 2.45) is 5.73 Å². The number of nitrogens with two attached hydrogens (primary N) is 1. The van der Waals surface area contributed by atoms with Crippen molar-refractivity contribution in [1.82, 2.24) is 0 Å². The summed E-state index contributed by atoms with van der Waals surface area (Å²) in [5.74, 6) is -0.911. The lowest BCUT2D eigenvalue weighted by molar-refractivity contribution is -0.137. The number of halogens is 4. The molecule has 88 valence electrons. The van der Waals surface area contributed by atoms with Crippen LogP contribution in [0.25, 0.3) is 6.08 Å². The molecular weight excluding hydrogens is 222 g/mol. The number of benzene rings is 1. The van der Waals surface area contributed by atoms with Crippen LogP contribution in [-0.2, 0) is 6.18 Å². The second kappa shape index (κ2) is 4.65. The number of hydrogen-bond donors (Lipinski definition) is 1. The second-order valence-corrected chi connectivity index (χ2v) is 3.47. The van der Waals surface area contributed by atoms with Crippen LogP contribution in [0.3, 0.4) is 0 Å². The molecular formula is C11H11F4N. The Kier molecular flexibility index (Phi) is 3.70. The summed E-state index contributed by atoms with van der Waals surface area (Å²) < 4.78 is 50.0. The summed E-state index contributed by atoms with van der Waals surface area (Å²) in [6.45, 7) is 1.88. The SMILES string of the molecule is C/C(=C/c1cc(F)cc(C(F)(F)F)c1)CN. The van der Waals surface area contributed by atoms with E-state index in [0.717, 1.165) is 12.1 Å². The van der Waals surface area contributed by atoms with E-state index in [1.807, 2.05) is 0 Å². The van der Waals surface area contributed by atoms with Crippen LogP contribution in [0.15, 0.2) is 23.8 Å². The van der Waals surface area contributed by atoms with Gasteiger partial charge in [-0.15, -0.1) is 0 Å². The number of alkyl halides is 3. The molecule has 0 fully saturated rings. The van der Waals surface area contributed by atoms with Crippen LogP contribution >= 0.6 is 0 Å². The predicted molar refractivity (Wildman–Crippen MR) is 54.1 cm³/mol. The van der Waals surface area contributed by atoms with E-state index >= 15 is 0 Å². The molecule has 0 aliphatic heterocycles. The summed E-state index contributed by atoms with van der Waals surface area (Å²) in [6, 6.07) is 2.39. The van der Waals surface area contributed by atoms with Gasteiger partial charge in [0.1, 0.15) is 5.82 Å². The molecule has 0 spiro atoms. The van der Waals surface area contributed by atoms with Crippen LogP contribution in [-0.4, -0.2) is 6.54 Å². The highest BCUT2D eigenvalue weighted by Crippen LogP contribution is 2.30. The highest BCUT2D eigenvalue weighted by molar-refractivity contribution is 5.54. The lowest BCUT2D eigenvalue weighted by Crippen LogP contribution is -2.06. The molecule has 0 aliphatic rings. The molecule has 0 bridgehead atoms. The minimum atomic E-state index is -4.54. The maximum Gasteiger partial charge on any atom is 0.416 e. The van der Waals surface area contributed by atoms with E-state index in [1.54, 1.807) is 6.92 Å². The minimum absolute atomic E-state index is 0.162. The Hall–Kier alpha value is -1.36. The third-order valence-corrected chi connectivity index (χ3v) is 1.98. The third-order valence-electron chi connectivity index (χ3n) is 1.98. The van der Waals surface area contributed by atoms with Crippen molar-refractivity contribution in [3.8, 4) is 0 Å². The van der Waals surface area contributed by atoms with Crippen LogP contribution in [0, 0.1) is 5.82 Å². The molecule has 1 aromatic rings. The lowest BCUT2D eigenvalue weighted by Gasteiger charge is -2.08. The standard InChI is InChI=1S/C11H11F4N/c1-7(6-16)2-8-3-9(11(13,14)15)5-10(12)4-8/h2-5H,6,16H2,1H3/b7-2-. The molecule has 0 atom stereocenters. The highest BCUT2D eigenvalue weighted by Gasteiger charge is 2.31. The van der Waals surface area contributed by atoms with Crippen LogP contribution in [0.1, 0.15) is 18.1 Å². The van der Waals surface area contributed by atoms with E-state index in [1.165, 1.54) is 6.08 Å². The van der Waals surface area contributed by atoms with Gasteiger partial charge in [-0.1, -0.05) is 11.6 Å². The first-order valence-electron chi connectivity index (χ1n) is 4.58. The molecule has 16 heavy (non-hydrogen) atoms. The number of rotatable bonds is 2. The zero-order valence-electron chi connectivity index (χ0n) is 8.61. The van der Waals surface area contributed by atoms with Gasteiger partial charge in [-0.3, -0.25) is 0 Å². The molecule has 0 unspecified atom stereocenters. The predicted octanol–water partition coefficient (Wildman–Crippen LogP) is 3.21. The van der Waals surface area contributed by atoms with Crippen molar-refractivity contribution in [3.63, 3.8) is 0 Å². The molecule has 0 aromatic heterocycles. The summed E-state index contributed by atoms with van der Waals surface area (Å²) >= 11 is 0. The topological polar surface area (TPSA) is 26.0 Å². The average Bonchev–Trinajstić information content (AvgIpc) is 2.15. The van der Waals surface area contributed by atoms with Crippen molar-refractivity contribution in [1.29, 1.82) is 0 Å². The highest BCUT2D eigenvalue weighted by atomic mass is 19.4. The molecule has 1 nitrogen and oxygen atoms in total. The molecule has 0 saturated heterocycles. The molecule has 1 aromatic carbocycles. The van der Waals surface area contributed by atoms with Crippen LogP contribution in [0.5, 0.6) is 0 Å². The van der Waals surface area contributed by atoms with Gasteiger partial charge in [-0.05, 0) is 30.7 Å². The van der Waals surface area contributed by atoms with Gasteiger partial charge >= 0.3 is 6.18 Å². The van der Waals surface area contributed by atoms with Gasteiger partial charge in [-0.25, -0.2) is 4.39 Å². The van der Waals surface area contributed by atoms with Crippen molar-refractivity contribution in [2.45, 2.75) is 13.1 Å². The van der Waals surface area contributed by atoms with E-state index in [4.69, 9.17) is 5.73 Å². The van der Waals surface area contributed by atoms with E-state index in [9.17, 15) is 17.6 Å². The molecule has 1 rings (SSSR count). The fourth-order valence-corrected chi connectivity index (χ4v) is 1.20. The van der Waals surface area contributed by atoms with E-state index in [2.05, 4.69) is 0 Å². The minimum Gasteiger partial charge on any atom is -0.327 e. The van der Waals surface area contributed by atoms with Crippen LogP contribution in [0.4, 0.5) is 17.6 Å². The van der Waals surface area contributed by atoms with Gasteiger partial charge in [0.05, 0.1) is 5.56 Å². The smallest absolute Gasteiger partial charge is 0.327 e. The fourth-order valence-electron chi connectivity index (χ4n) is 1.20. The van der Waals surface area contributed by atoms with Crippen LogP contribution in [0.2, 0.25) is 0 Å². The summed E-state index contributed by atoms with van der Waals surface area (Å²) in [5, 5.41) is 0. The summed E-state index contributed by atoms with van der Waals surface area (Å²) in [7, 11) is 0. The Balaban J connectivity index is 3.19. The first-order chi connectivity index (χ1) is 7.32. The third kappa shape index (κ3) is 3.34. The molecule has 5 heteroatoms. The number of hydrogen-bond acceptors (Lipinski definition) is 1. The van der Waals surface area contributed by atoms with E-state index in [-0.39, 0.29) is 12.1 Å². The Bertz CT molecular complexity index is 407. The summed E-state index contributed by atoms with van der Waals surface area (Å²) in [5.41, 5.74) is 5.14. The van der Waals surface area contributed by atoms with Gasteiger partial charge in [0, 0.05) is 6.54 Å². The van der Waals surface area contributed by atoms with Gasteiger partial charge < -0.3 is 5.73 Å². The zero-order chi connectivity index (χ0) is 12.3. The van der Waals surface area contributed by atoms with E-state index in [0.29, 0.717) is 11.6 Å². The first-order valence-corrected chi connectivity index (χ1v) is 4.58. The molecule has 0 radical (unpaired) electrons. The van der Waals surface area contributed by atoms with E-state index < -0.39 is 17.6 Å². The quantitative estimate of drug-likeness (QED) is 0.780.